The summed E-state index contributed by atoms with van der Waals surface area (Å²) in [5.74, 6) is -1.59. The maximum Gasteiger partial charge on any atom is 0.345 e. The molecule has 16 heavy (non-hydrogen) atoms. The van der Waals surface area contributed by atoms with E-state index in [2.05, 4.69) is 9.47 Å². The van der Waals surface area contributed by atoms with Crippen molar-refractivity contribution in [3.05, 3.63) is 22.9 Å². The minimum atomic E-state index is -0.794. The van der Waals surface area contributed by atoms with Crippen LogP contribution < -0.4 is 0 Å². The number of allylic oxidation sites excluding steroid dienone is 2. The first-order valence-electron chi connectivity index (χ1n) is 4.34. The van der Waals surface area contributed by atoms with Gasteiger partial charge in [0.2, 0.25) is 0 Å². The molecular weight excluding hydrogens is 234 g/mol. The molecule has 0 amide bonds. The summed E-state index contributed by atoms with van der Waals surface area (Å²) in [7, 11) is 5.85. The van der Waals surface area contributed by atoms with Gasteiger partial charge in [-0.05, 0) is 6.08 Å². The Morgan fingerprint density at radius 3 is 1.88 bits per heavy atom. The molecule has 0 fully saturated rings. The minimum Gasteiger partial charge on any atom is -0.465 e. The fourth-order valence-corrected chi connectivity index (χ4v) is 1.15. The van der Waals surface area contributed by atoms with Crippen LogP contribution in [0.15, 0.2) is 22.9 Å². The van der Waals surface area contributed by atoms with E-state index in [1.165, 1.54) is 26.5 Å². The van der Waals surface area contributed by atoms with Crippen molar-refractivity contribution in [2.45, 2.75) is 0 Å². The number of nitrogens with zero attached hydrogens (tertiary/aromatic N) is 1. The highest BCUT2D eigenvalue weighted by Gasteiger charge is 2.19. The normalized spacial score (nSPS) is 10.4. The van der Waals surface area contributed by atoms with Crippen molar-refractivity contribution >= 4 is 23.5 Å². The van der Waals surface area contributed by atoms with Crippen LogP contribution in [0.1, 0.15) is 0 Å². The van der Waals surface area contributed by atoms with E-state index in [1.807, 2.05) is 0 Å². The van der Waals surface area contributed by atoms with E-state index in [0.29, 0.717) is 0 Å². The lowest BCUT2D eigenvalue weighted by molar-refractivity contribution is -0.144. The zero-order valence-corrected chi connectivity index (χ0v) is 10.4. The van der Waals surface area contributed by atoms with Gasteiger partial charge in [-0.3, -0.25) is 0 Å². The highest BCUT2D eigenvalue weighted by atomic mass is 35.5. The number of hydrogen-bond acceptors (Lipinski definition) is 5. The molecule has 0 rings (SSSR count). The van der Waals surface area contributed by atoms with Gasteiger partial charge in [-0.2, -0.15) is 0 Å². The average molecular weight is 248 g/mol. The Hall–Kier alpha value is -1.49. The van der Waals surface area contributed by atoms with Crippen LogP contribution in [0.2, 0.25) is 0 Å². The van der Waals surface area contributed by atoms with Crippen molar-refractivity contribution in [2.75, 3.05) is 28.3 Å². The lowest BCUT2D eigenvalue weighted by atomic mass is 10.2. The fraction of sp³-hybridized carbons (Fsp3) is 0.400. The summed E-state index contributed by atoms with van der Waals surface area (Å²) >= 11 is 5.80. The highest BCUT2D eigenvalue weighted by molar-refractivity contribution is 6.32. The minimum absolute atomic E-state index is 0.218. The van der Waals surface area contributed by atoms with Crippen molar-refractivity contribution in [3.63, 3.8) is 0 Å². The van der Waals surface area contributed by atoms with Gasteiger partial charge in [0.05, 0.1) is 19.3 Å². The van der Waals surface area contributed by atoms with Crippen LogP contribution in [0, 0.1) is 0 Å². The topological polar surface area (TPSA) is 55.8 Å². The summed E-state index contributed by atoms with van der Waals surface area (Å²) in [6.07, 6.45) is 2.73. The number of ether oxygens (including phenoxy) is 2. The van der Waals surface area contributed by atoms with E-state index in [1.54, 1.807) is 19.0 Å². The van der Waals surface area contributed by atoms with Crippen molar-refractivity contribution in [1.29, 1.82) is 0 Å². The number of rotatable bonds is 4. The Kier molecular flexibility index (Phi) is 6.25. The molecule has 90 valence electrons. The van der Waals surface area contributed by atoms with Crippen molar-refractivity contribution in [3.8, 4) is 0 Å². The number of carbonyl (C=O) groups excluding carboxylic acids is 2. The second-order valence-electron chi connectivity index (χ2n) is 3.02. The molecule has 0 aliphatic heterocycles. The van der Waals surface area contributed by atoms with Gasteiger partial charge in [0.1, 0.15) is 5.57 Å². The molecule has 0 atom stereocenters. The summed E-state index contributed by atoms with van der Waals surface area (Å²) in [5, 5.41) is 0.218. The monoisotopic (exact) mass is 247 g/mol. The van der Waals surface area contributed by atoms with E-state index in [9.17, 15) is 9.59 Å². The number of halogens is 1. The third-order valence-electron chi connectivity index (χ3n) is 1.47. The first kappa shape index (κ1) is 14.5. The largest absolute Gasteiger partial charge is 0.465 e. The molecular formula is C10H14ClNO4. The molecule has 0 aromatic carbocycles. The summed E-state index contributed by atoms with van der Waals surface area (Å²) in [6, 6.07) is 0. The Morgan fingerprint density at radius 2 is 1.56 bits per heavy atom. The predicted octanol–water partition coefficient (Wildman–Crippen LogP) is 0.901. The SMILES string of the molecule is COC(=O)C(=C/C(Cl)=C/N(C)C)C(=O)OC. The Bertz CT molecular complexity index is 316. The smallest absolute Gasteiger partial charge is 0.345 e. The fourth-order valence-electron chi connectivity index (χ4n) is 0.843. The molecule has 6 heteroatoms. The summed E-state index contributed by atoms with van der Waals surface area (Å²) in [6.45, 7) is 0. The molecule has 0 aliphatic carbocycles. The van der Waals surface area contributed by atoms with E-state index in [4.69, 9.17) is 11.6 Å². The Morgan fingerprint density at radius 1 is 1.12 bits per heavy atom. The second kappa shape index (κ2) is 6.90. The molecule has 0 saturated heterocycles. The summed E-state index contributed by atoms with van der Waals surface area (Å²) < 4.78 is 8.87. The van der Waals surface area contributed by atoms with Crippen LogP contribution in [-0.4, -0.2) is 45.2 Å². The molecule has 0 radical (unpaired) electrons. The van der Waals surface area contributed by atoms with Crippen molar-refractivity contribution in [2.24, 2.45) is 0 Å². The van der Waals surface area contributed by atoms with Crippen LogP contribution in [0.5, 0.6) is 0 Å². The molecule has 0 bridgehead atoms. The van der Waals surface area contributed by atoms with Crippen LogP contribution in [0.3, 0.4) is 0 Å². The molecule has 0 saturated carbocycles. The average Bonchev–Trinajstić information content (AvgIpc) is 2.22. The first-order valence-corrected chi connectivity index (χ1v) is 4.72. The van der Waals surface area contributed by atoms with Crippen LogP contribution >= 0.6 is 11.6 Å². The number of esters is 2. The molecule has 5 nitrogen and oxygen atoms in total. The van der Waals surface area contributed by atoms with Crippen LogP contribution in [-0.2, 0) is 19.1 Å². The van der Waals surface area contributed by atoms with Gasteiger partial charge < -0.3 is 14.4 Å². The second-order valence-corrected chi connectivity index (χ2v) is 3.46. The maximum atomic E-state index is 11.2. The zero-order chi connectivity index (χ0) is 12.7. The number of carbonyl (C=O) groups is 2. The molecule has 0 unspecified atom stereocenters. The number of hydrogen-bond donors (Lipinski definition) is 0. The number of methoxy groups -OCH3 is 2. The molecule has 0 N–H and O–H groups in total. The first-order chi connectivity index (χ1) is 7.42. The Balaban J connectivity index is 5.11. The third-order valence-corrected chi connectivity index (χ3v) is 1.68. The summed E-state index contributed by atoms with van der Waals surface area (Å²) in [4.78, 5) is 24.2. The van der Waals surface area contributed by atoms with Gasteiger partial charge in [0, 0.05) is 20.3 Å². The van der Waals surface area contributed by atoms with E-state index < -0.39 is 11.9 Å². The Labute approximate surface area is 99.3 Å². The molecule has 0 spiro atoms. The maximum absolute atomic E-state index is 11.2. The summed E-state index contributed by atoms with van der Waals surface area (Å²) in [5.41, 5.74) is -0.256. The van der Waals surface area contributed by atoms with E-state index in [0.717, 1.165) is 0 Å². The van der Waals surface area contributed by atoms with Crippen molar-refractivity contribution in [1.82, 2.24) is 4.90 Å². The quantitative estimate of drug-likeness (QED) is 0.243. The third kappa shape index (κ3) is 4.84. The van der Waals surface area contributed by atoms with Gasteiger partial charge in [-0.15, -0.1) is 0 Å². The molecule has 0 aromatic rings. The lowest BCUT2D eigenvalue weighted by Gasteiger charge is -2.06. The molecule has 0 heterocycles. The van der Waals surface area contributed by atoms with Gasteiger partial charge in [0.15, 0.2) is 0 Å². The zero-order valence-electron chi connectivity index (χ0n) is 9.61. The standard InChI is InChI=1S/C10H14ClNO4/c1-12(2)6-7(11)5-8(9(13)15-3)10(14)16-4/h5-6H,1-4H3/b7-6-. The van der Waals surface area contributed by atoms with Gasteiger partial charge >= 0.3 is 11.9 Å². The molecule has 0 aromatic heterocycles. The van der Waals surface area contributed by atoms with E-state index >= 15 is 0 Å². The van der Waals surface area contributed by atoms with Gasteiger partial charge in [-0.1, -0.05) is 11.6 Å². The predicted molar refractivity (Wildman–Crippen MR) is 59.7 cm³/mol. The van der Waals surface area contributed by atoms with Gasteiger partial charge in [-0.25, -0.2) is 9.59 Å². The van der Waals surface area contributed by atoms with E-state index in [-0.39, 0.29) is 10.6 Å². The van der Waals surface area contributed by atoms with Crippen LogP contribution in [0.25, 0.3) is 0 Å². The lowest BCUT2D eigenvalue weighted by Crippen LogP contribution is -2.16. The molecule has 0 aliphatic rings. The highest BCUT2D eigenvalue weighted by Crippen LogP contribution is 2.10. The van der Waals surface area contributed by atoms with Crippen LogP contribution in [0.4, 0.5) is 0 Å². The van der Waals surface area contributed by atoms with Crippen molar-refractivity contribution < 1.29 is 19.1 Å². The van der Waals surface area contributed by atoms with Gasteiger partial charge in [0.25, 0.3) is 0 Å².